The molecule has 0 aliphatic carbocycles. The molecular weight excluding hydrogens is 232 g/mol. The molecule has 0 aromatic rings. The fraction of sp³-hybridized carbons (Fsp3) is 1.00. The van der Waals surface area contributed by atoms with Gasteiger partial charge in [0.25, 0.3) is 0 Å². The van der Waals surface area contributed by atoms with E-state index in [1.807, 2.05) is 0 Å². The van der Waals surface area contributed by atoms with Gasteiger partial charge in [0.2, 0.25) is 0 Å². The van der Waals surface area contributed by atoms with Gasteiger partial charge in [-0.15, -0.1) is 0 Å². The van der Waals surface area contributed by atoms with Crippen LogP contribution in [0.25, 0.3) is 0 Å². The van der Waals surface area contributed by atoms with Gasteiger partial charge in [-0.3, -0.25) is 4.90 Å². The molecule has 0 saturated carbocycles. The smallest absolute Gasteiger partial charge is 0.0272 e. The zero-order valence-corrected chi connectivity index (χ0v) is 14.3. The normalized spacial score (nSPS) is 27.8. The summed E-state index contributed by atoms with van der Waals surface area (Å²) in [6.45, 7) is 18.9. The van der Waals surface area contributed by atoms with Crippen molar-refractivity contribution in [1.82, 2.24) is 10.2 Å². The van der Waals surface area contributed by atoms with Crippen LogP contribution in [0.15, 0.2) is 0 Å². The van der Waals surface area contributed by atoms with Gasteiger partial charge < -0.3 is 5.32 Å². The van der Waals surface area contributed by atoms with Crippen LogP contribution >= 0.6 is 0 Å². The highest BCUT2D eigenvalue weighted by molar-refractivity contribution is 4.95. The van der Waals surface area contributed by atoms with Crippen LogP contribution in [-0.4, -0.2) is 36.1 Å². The first kappa shape index (κ1) is 17.0. The maximum Gasteiger partial charge on any atom is 0.0272 e. The van der Waals surface area contributed by atoms with E-state index in [0.29, 0.717) is 17.5 Å². The van der Waals surface area contributed by atoms with Crippen molar-refractivity contribution >= 4 is 0 Å². The lowest BCUT2D eigenvalue weighted by atomic mass is 9.81. The first-order chi connectivity index (χ1) is 8.85. The zero-order chi connectivity index (χ0) is 14.6. The van der Waals surface area contributed by atoms with Crippen molar-refractivity contribution in [3.05, 3.63) is 0 Å². The van der Waals surface area contributed by atoms with Crippen molar-refractivity contribution < 1.29 is 0 Å². The zero-order valence-electron chi connectivity index (χ0n) is 14.3. The molecule has 1 aliphatic rings. The van der Waals surface area contributed by atoms with Crippen LogP contribution in [0.3, 0.4) is 0 Å². The Morgan fingerprint density at radius 1 is 1.11 bits per heavy atom. The third-order valence-corrected chi connectivity index (χ3v) is 5.12. The Bertz CT molecular complexity index is 252. The van der Waals surface area contributed by atoms with Crippen LogP contribution < -0.4 is 5.32 Å². The van der Waals surface area contributed by atoms with Gasteiger partial charge in [-0.05, 0) is 24.2 Å². The largest absolute Gasteiger partial charge is 0.311 e. The van der Waals surface area contributed by atoms with Gasteiger partial charge in [0, 0.05) is 31.2 Å². The molecule has 0 aromatic heterocycles. The predicted molar refractivity (Wildman–Crippen MR) is 85.6 cm³/mol. The highest BCUT2D eigenvalue weighted by Gasteiger charge is 2.38. The fourth-order valence-corrected chi connectivity index (χ4v) is 3.43. The minimum Gasteiger partial charge on any atom is -0.311 e. The summed E-state index contributed by atoms with van der Waals surface area (Å²) in [4.78, 5) is 2.81. The van der Waals surface area contributed by atoms with E-state index in [4.69, 9.17) is 0 Å². The minimum absolute atomic E-state index is 0.357. The molecule has 1 fully saturated rings. The molecule has 2 heteroatoms. The van der Waals surface area contributed by atoms with E-state index in [1.54, 1.807) is 0 Å². The minimum atomic E-state index is 0.357. The van der Waals surface area contributed by atoms with Gasteiger partial charge in [0.15, 0.2) is 0 Å². The fourth-order valence-electron chi connectivity index (χ4n) is 3.43. The Morgan fingerprint density at radius 2 is 1.68 bits per heavy atom. The topological polar surface area (TPSA) is 15.3 Å². The van der Waals surface area contributed by atoms with Crippen molar-refractivity contribution in [2.75, 3.05) is 13.1 Å². The molecule has 1 rings (SSSR count). The molecule has 0 spiro atoms. The average Bonchev–Trinajstić information content (AvgIpc) is 2.38. The third-order valence-electron chi connectivity index (χ3n) is 5.12. The van der Waals surface area contributed by atoms with Crippen molar-refractivity contribution in [3.8, 4) is 0 Å². The van der Waals surface area contributed by atoms with Crippen LogP contribution in [0.4, 0.5) is 0 Å². The van der Waals surface area contributed by atoms with Gasteiger partial charge >= 0.3 is 0 Å². The Balaban J connectivity index is 2.86. The summed E-state index contributed by atoms with van der Waals surface area (Å²) in [5.74, 6) is 0.776. The first-order valence-corrected chi connectivity index (χ1v) is 8.34. The van der Waals surface area contributed by atoms with E-state index < -0.39 is 0 Å². The Kier molecular flexibility index (Phi) is 6.32. The number of piperazine rings is 1. The molecule has 114 valence electrons. The highest BCUT2D eigenvalue weighted by atomic mass is 15.3. The van der Waals surface area contributed by atoms with E-state index in [2.05, 4.69) is 58.7 Å². The van der Waals surface area contributed by atoms with Crippen LogP contribution in [0, 0.1) is 11.3 Å². The van der Waals surface area contributed by atoms with E-state index in [-0.39, 0.29) is 0 Å². The molecule has 0 bridgehead atoms. The summed E-state index contributed by atoms with van der Waals surface area (Å²) in [6, 6.07) is 2.08. The molecule has 3 atom stereocenters. The summed E-state index contributed by atoms with van der Waals surface area (Å²) < 4.78 is 0. The highest BCUT2D eigenvalue weighted by Crippen LogP contribution is 2.31. The molecular formula is C17H36N2. The van der Waals surface area contributed by atoms with Crippen molar-refractivity contribution in [2.24, 2.45) is 11.3 Å². The number of hydrogen-bond acceptors (Lipinski definition) is 2. The van der Waals surface area contributed by atoms with Gasteiger partial charge in [-0.1, -0.05) is 54.9 Å². The van der Waals surface area contributed by atoms with Crippen molar-refractivity contribution in [2.45, 2.75) is 85.9 Å². The summed E-state index contributed by atoms with van der Waals surface area (Å²) in [7, 11) is 0. The lowest BCUT2D eigenvalue weighted by molar-refractivity contribution is 0.00828. The number of hydrogen-bond donors (Lipinski definition) is 1. The van der Waals surface area contributed by atoms with Crippen LogP contribution in [-0.2, 0) is 0 Å². The Hall–Kier alpha value is -0.0800. The molecule has 3 unspecified atom stereocenters. The molecule has 19 heavy (non-hydrogen) atoms. The van der Waals surface area contributed by atoms with Crippen molar-refractivity contribution in [1.29, 1.82) is 0 Å². The van der Waals surface area contributed by atoms with E-state index in [1.165, 1.54) is 25.8 Å². The lowest BCUT2D eigenvalue weighted by Gasteiger charge is -2.50. The lowest BCUT2D eigenvalue weighted by Crippen LogP contribution is -2.64. The quantitative estimate of drug-likeness (QED) is 0.813. The van der Waals surface area contributed by atoms with Gasteiger partial charge in [-0.25, -0.2) is 0 Å². The van der Waals surface area contributed by atoms with E-state index in [0.717, 1.165) is 18.5 Å². The molecule has 1 aliphatic heterocycles. The predicted octanol–water partition coefficient (Wildman–Crippen LogP) is 3.91. The first-order valence-electron chi connectivity index (χ1n) is 8.34. The summed E-state index contributed by atoms with van der Waals surface area (Å²) in [5.41, 5.74) is 0.357. The van der Waals surface area contributed by atoms with E-state index in [9.17, 15) is 0 Å². The maximum atomic E-state index is 3.82. The third kappa shape index (κ3) is 4.19. The Morgan fingerprint density at radius 3 is 2.11 bits per heavy atom. The number of nitrogens with one attached hydrogen (secondary N) is 1. The SMILES string of the molecule is CCC(C)C1CN(C(CC)CC)C(C(C)(C)C)CN1. The molecule has 0 radical (unpaired) electrons. The molecule has 1 N–H and O–H groups in total. The van der Waals surface area contributed by atoms with Crippen molar-refractivity contribution in [3.63, 3.8) is 0 Å². The van der Waals surface area contributed by atoms with E-state index >= 15 is 0 Å². The maximum absolute atomic E-state index is 3.82. The molecule has 1 heterocycles. The second-order valence-corrected chi connectivity index (χ2v) is 7.45. The van der Waals surface area contributed by atoms with Crippen LogP contribution in [0.1, 0.15) is 67.7 Å². The van der Waals surface area contributed by atoms with Crippen LogP contribution in [0.2, 0.25) is 0 Å². The van der Waals surface area contributed by atoms with Gasteiger partial charge in [0.05, 0.1) is 0 Å². The van der Waals surface area contributed by atoms with Gasteiger partial charge in [-0.2, -0.15) is 0 Å². The summed E-state index contributed by atoms with van der Waals surface area (Å²) in [6.07, 6.45) is 3.82. The number of nitrogens with zero attached hydrogens (tertiary/aromatic N) is 1. The standard InChI is InChI=1S/C17H36N2/c1-8-13(4)15-12-19(14(9-2)10-3)16(11-18-15)17(5,6)7/h13-16,18H,8-12H2,1-7H3. The van der Waals surface area contributed by atoms with Crippen LogP contribution in [0.5, 0.6) is 0 Å². The Labute approximate surface area is 121 Å². The molecule has 0 aromatic carbocycles. The number of rotatable bonds is 5. The summed E-state index contributed by atoms with van der Waals surface area (Å²) >= 11 is 0. The average molecular weight is 268 g/mol. The van der Waals surface area contributed by atoms with Gasteiger partial charge in [0.1, 0.15) is 0 Å². The molecule has 0 amide bonds. The molecule has 1 saturated heterocycles. The molecule has 2 nitrogen and oxygen atoms in total. The monoisotopic (exact) mass is 268 g/mol. The second kappa shape index (κ2) is 7.08. The second-order valence-electron chi connectivity index (χ2n) is 7.45. The summed E-state index contributed by atoms with van der Waals surface area (Å²) in [5, 5.41) is 3.82.